The SMILES string of the molecule is CC(C)(C)OC(=O)NCCC1=C(C#N)C(c2cccc3nonc23)c2cn[nH]c2N1. The van der Waals surface area contributed by atoms with Crippen molar-refractivity contribution in [2.75, 3.05) is 11.9 Å². The smallest absolute Gasteiger partial charge is 0.407 e. The molecular weight excluding hydrogens is 386 g/mol. The molecule has 0 saturated heterocycles. The lowest BCUT2D eigenvalue weighted by atomic mass is 9.82. The minimum absolute atomic E-state index is 0.300. The fraction of sp³-hybridized carbons (Fsp3) is 0.350. The lowest BCUT2D eigenvalue weighted by Gasteiger charge is -2.26. The summed E-state index contributed by atoms with van der Waals surface area (Å²) in [6.45, 7) is 5.70. The minimum Gasteiger partial charge on any atom is -0.444 e. The number of amides is 1. The lowest BCUT2D eigenvalue weighted by Crippen LogP contribution is -2.33. The molecule has 3 N–H and O–H groups in total. The number of benzene rings is 1. The quantitative estimate of drug-likeness (QED) is 0.598. The van der Waals surface area contributed by atoms with Crippen LogP contribution in [0.1, 0.15) is 44.2 Å². The van der Waals surface area contributed by atoms with Gasteiger partial charge in [0.05, 0.1) is 23.8 Å². The summed E-state index contributed by atoms with van der Waals surface area (Å²) in [7, 11) is 0. The third-order valence-electron chi connectivity index (χ3n) is 4.66. The Bertz CT molecular complexity index is 1160. The number of anilines is 1. The summed E-state index contributed by atoms with van der Waals surface area (Å²) < 4.78 is 10.2. The van der Waals surface area contributed by atoms with E-state index in [1.54, 1.807) is 33.0 Å². The zero-order chi connectivity index (χ0) is 21.3. The molecule has 1 amide bonds. The molecule has 0 bridgehead atoms. The lowest BCUT2D eigenvalue weighted by molar-refractivity contribution is 0.0528. The van der Waals surface area contributed by atoms with Gasteiger partial charge in [-0.3, -0.25) is 5.10 Å². The van der Waals surface area contributed by atoms with Crippen molar-refractivity contribution in [3.63, 3.8) is 0 Å². The highest BCUT2D eigenvalue weighted by atomic mass is 16.6. The third kappa shape index (κ3) is 3.69. The number of nitrogens with zero attached hydrogens (tertiary/aromatic N) is 4. The Labute approximate surface area is 172 Å². The summed E-state index contributed by atoms with van der Waals surface area (Å²) in [4.78, 5) is 11.9. The van der Waals surface area contributed by atoms with Gasteiger partial charge >= 0.3 is 6.09 Å². The van der Waals surface area contributed by atoms with E-state index in [0.29, 0.717) is 41.1 Å². The average Bonchev–Trinajstić information content (AvgIpc) is 3.34. The van der Waals surface area contributed by atoms with E-state index in [0.717, 1.165) is 11.1 Å². The monoisotopic (exact) mass is 407 g/mol. The highest BCUT2D eigenvalue weighted by Gasteiger charge is 2.33. The van der Waals surface area contributed by atoms with Crippen LogP contribution >= 0.6 is 0 Å². The number of nitriles is 1. The summed E-state index contributed by atoms with van der Waals surface area (Å²) >= 11 is 0. The number of alkyl carbamates (subject to hydrolysis) is 1. The molecule has 1 aromatic carbocycles. The normalized spacial score (nSPS) is 16.0. The van der Waals surface area contributed by atoms with Gasteiger partial charge in [-0.25, -0.2) is 9.42 Å². The van der Waals surface area contributed by atoms with E-state index >= 15 is 0 Å². The molecule has 3 heterocycles. The first kappa shape index (κ1) is 19.4. The third-order valence-corrected chi connectivity index (χ3v) is 4.66. The molecule has 3 aromatic rings. The second kappa shape index (κ2) is 7.51. The molecule has 10 heteroatoms. The van der Waals surface area contributed by atoms with Gasteiger partial charge in [0.2, 0.25) is 0 Å². The molecule has 4 rings (SSSR count). The highest BCUT2D eigenvalue weighted by Crippen LogP contribution is 2.42. The topological polar surface area (TPSA) is 142 Å². The van der Waals surface area contributed by atoms with Crippen LogP contribution in [0.15, 0.2) is 40.3 Å². The molecule has 1 aliphatic rings. The minimum atomic E-state index is -0.579. The van der Waals surface area contributed by atoms with Gasteiger partial charge < -0.3 is 15.4 Å². The first-order chi connectivity index (χ1) is 14.4. The average molecular weight is 407 g/mol. The molecule has 0 aliphatic carbocycles. The maximum absolute atomic E-state index is 11.9. The number of carbonyl (C=O) groups excluding carboxylic acids is 1. The summed E-state index contributed by atoms with van der Waals surface area (Å²) in [6, 6.07) is 7.86. The Kier molecular flexibility index (Phi) is 4.87. The van der Waals surface area contributed by atoms with Crippen molar-refractivity contribution < 1.29 is 14.2 Å². The van der Waals surface area contributed by atoms with Crippen LogP contribution in [0.2, 0.25) is 0 Å². The Balaban J connectivity index is 1.64. The van der Waals surface area contributed by atoms with Crippen LogP contribution in [-0.2, 0) is 4.74 Å². The van der Waals surface area contributed by atoms with E-state index in [1.807, 2.05) is 12.1 Å². The zero-order valence-corrected chi connectivity index (χ0v) is 16.8. The number of ether oxygens (including phenoxy) is 1. The number of rotatable bonds is 4. The molecule has 0 radical (unpaired) electrons. The number of nitrogens with one attached hydrogen (secondary N) is 3. The van der Waals surface area contributed by atoms with Gasteiger partial charge in [-0.15, -0.1) is 0 Å². The van der Waals surface area contributed by atoms with E-state index in [1.165, 1.54) is 0 Å². The summed E-state index contributed by atoms with van der Waals surface area (Å²) in [5.41, 5.74) is 3.45. The number of aromatic nitrogens is 4. The van der Waals surface area contributed by atoms with Gasteiger partial charge in [-0.2, -0.15) is 10.4 Å². The fourth-order valence-electron chi connectivity index (χ4n) is 3.48. The molecule has 0 fully saturated rings. The molecule has 10 nitrogen and oxygen atoms in total. The van der Waals surface area contributed by atoms with Crippen molar-refractivity contribution in [3.05, 3.63) is 46.8 Å². The van der Waals surface area contributed by atoms with Gasteiger partial charge in [0, 0.05) is 24.2 Å². The van der Waals surface area contributed by atoms with Crippen molar-refractivity contribution in [2.45, 2.75) is 38.7 Å². The highest BCUT2D eigenvalue weighted by molar-refractivity contribution is 5.80. The standard InChI is InChI=1S/C20H21N7O3/c1-20(2,3)29-19(28)22-8-7-14-12(9-21)16(13-10-23-25-18(13)24-14)11-5-4-6-15-17(11)27-30-26-15/h4-6,10,16H,7-8H2,1-3H3,(H,22,28)(H2,23,24,25). The second-order valence-corrected chi connectivity index (χ2v) is 7.92. The van der Waals surface area contributed by atoms with Crippen LogP contribution in [0, 0.1) is 11.3 Å². The van der Waals surface area contributed by atoms with Gasteiger partial charge in [0.25, 0.3) is 0 Å². The predicted octanol–water partition coefficient (Wildman–Crippen LogP) is 3.20. The fourth-order valence-corrected chi connectivity index (χ4v) is 3.48. The molecule has 1 atom stereocenters. The van der Waals surface area contributed by atoms with Crippen molar-refractivity contribution in [1.82, 2.24) is 25.8 Å². The zero-order valence-electron chi connectivity index (χ0n) is 16.8. The maximum Gasteiger partial charge on any atom is 0.407 e. The molecule has 1 aliphatic heterocycles. The number of hydrogen-bond donors (Lipinski definition) is 3. The number of allylic oxidation sites excluding steroid dienone is 1. The number of H-pyrrole nitrogens is 1. The largest absolute Gasteiger partial charge is 0.444 e. The molecule has 30 heavy (non-hydrogen) atoms. The molecule has 0 spiro atoms. The Morgan fingerprint density at radius 3 is 2.93 bits per heavy atom. The Morgan fingerprint density at radius 2 is 2.17 bits per heavy atom. The van der Waals surface area contributed by atoms with Crippen LogP contribution in [0.3, 0.4) is 0 Å². The number of hydrogen-bond acceptors (Lipinski definition) is 8. The molecule has 2 aromatic heterocycles. The van der Waals surface area contributed by atoms with Gasteiger partial charge in [-0.1, -0.05) is 12.1 Å². The van der Waals surface area contributed by atoms with Gasteiger partial charge in [-0.05, 0) is 42.7 Å². The van der Waals surface area contributed by atoms with Gasteiger partial charge in [0.15, 0.2) is 0 Å². The van der Waals surface area contributed by atoms with Crippen molar-refractivity contribution in [3.8, 4) is 6.07 Å². The van der Waals surface area contributed by atoms with Crippen LogP contribution < -0.4 is 10.6 Å². The van der Waals surface area contributed by atoms with Crippen LogP contribution in [-0.4, -0.2) is 38.7 Å². The summed E-state index contributed by atoms with van der Waals surface area (Å²) in [6.07, 6.45) is 1.59. The van der Waals surface area contributed by atoms with E-state index in [-0.39, 0.29) is 0 Å². The number of aromatic amines is 1. The van der Waals surface area contributed by atoms with E-state index < -0.39 is 17.6 Å². The van der Waals surface area contributed by atoms with Crippen LogP contribution in [0.4, 0.5) is 10.6 Å². The Morgan fingerprint density at radius 1 is 1.33 bits per heavy atom. The van der Waals surface area contributed by atoms with Crippen molar-refractivity contribution in [1.29, 1.82) is 5.26 Å². The first-order valence-corrected chi connectivity index (χ1v) is 9.49. The second-order valence-electron chi connectivity index (χ2n) is 7.92. The van der Waals surface area contributed by atoms with E-state index in [9.17, 15) is 10.1 Å². The predicted molar refractivity (Wildman–Crippen MR) is 107 cm³/mol. The Hall–Kier alpha value is -3.87. The molecular formula is C20H21N7O3. The summed E-state index contributed by atoms with van der Waals surface area (Å²) in [5, 5.41) is 30.9. The van der Waals surface area contributed by atoms with Crippen molar-refractivity contribution >= 4 is 22.9 Å². The molecule has 1 unspecified atom stereocenters. The molecule has 154 valence electrons. The van der Waals surface area contributed by atoms with Gasteiger partial charge in [0.1, 0.15) is 22.5 Å². The van der Waals surface area contributed by atoms with Crippen LogP contribution in [0.5, 0.6) is 0 Å². The van der Waals surface area contributed by atoms with Crippen LogP contribution in [0.25, 0.3) is 11.0 Å². The van der Waals surface area contributed by atoms with E-state index in [2.05, 4.69) is 37.2 Å². The maximum atomic E-state index is 11.9. The summed E-state index contributed by atoms with van der Waals surface area (Å²) in [5.74, 6) is 0.303. The number of carbonyl (C=O) groups is 1. The number of fused-ring (bicyclic) bond motifs is 2. The first-order valence-electron chi connectivity index (χ1n) is 9.49. The van der Waals surface area contributed by atoms with E-state index in [4.69, 9.17) is 9.37 Å². The van der Waals surface area contributed by atoms with Crippen molar-refractivity contribution in [2.24, 2.45) is 0 Å². The molecule has 0 saturated carbocycles.